The highest BCUT2D eigenvalue weighted by Crippen LogP contribution is 2.37. The monoisotopic (exact) mass is 312 g/mol. The molecule has 1 aliphatic rings. The number of anilines is 1. The van der Waals surface area contributed by atoms with Gasteiger partial charge in [0.25, 0.3) is 0 Å². The van der Waals surface area contributed by atoms with Gasteiger partial charge < -0.3 is 10.5 Å². The summed E-state index contributed by atoms with van der Waals surface area (Å²) in [6.45, 7) is 4.33. The summed E-state index contributed by atoms with van der Waals surface area (Å²) in [5, 5.41) is 0. The van der Waals surface area contributed by atoms with Crippen LogP contribution < -0.4 is 15.2 Å². The highest BCUT2D eigenvalue weighted by Gasteiger charge is 2.36. The van der Waals surface area contributed by atoms with Crippen molar-refractivity contribution in [2.24, 2.45) is 5.41 Å². The van der Waals surface area contributed by atoms with Gasteiger partial charge in [0.05, 0.1) is 5.75 Å². The summed E-state index contributed by atoms with van der Waals surface area (Å²) in [5.41, 5.74) is 6.27. The van der Waals surface area contributed by atoms with Gasteiger partial charge in [-0.2, -0.15) is 0 Å². The molecule has 0 saturated heterocycles. The minimum Gasteiger partial charge on any atom is -0.492 e. The van der Waals surface area contributed by atoms with Crippen molar-refractivity contribution in [3.05, 3.63) is 24.3 Å². The summed E-state index contributed by atoms with van der Waals surface area (Å²) in [5.74, 6) is 0.542. The Morgan fingerprint density at radius 3 is 2.81 bits per heavy atom. The van der Waals surface area contributed by atoms with Crippen LogP contribution in [0.2, 0.25) is 0 Å². The number of hydrogen-bond acceptors (Lipinski definition) is 4. The third kappa shape index (κ3) is 4.61. The maximum atomic E-state index is 12.1. The predicted octanol–water partition coefficient (Wildman–Crippen LogP) is 2.15. The maximum absolute atomic E-state index is 12.1. The molecule has 118 valence electrons. The Hall–Kier alpha value is -1.27. The highest BCUT2D eigenvalue weighted by atomic mass is 32.2. The van der Waals surface area contributed by atoms with E-state index in [1.54, 1.807) is 24.3 Å². The molecule has 21 heavy (non-hydrogen) atoms. The molecule has 5 nitrogen and oxygen atoms in total. The quantitative estimate of drug-likeness (QED) is 0.789. The second-order valence-electron chi connectivity index (χ2n) is 6.29. The molecular formula is C15H24N2O3S. The highest BCUT2D eigenvalue weighted by molar-refractivity contribution is 7.89. The van der Waals surface area contributed by atoms with Crippen LogP contribution in [0.25, 0.3) is 0 Å². The SMILES string of the molecule is CC1(C)CCCC1NS(=O)(=O)CCOc1cccc(N)c1. The van der Waals surface area contributed by atoms with Gasteiger partial charge in [-0.15, -0.1) is 0 Å². The Kier molecular flexibility index (Phi) is 4.78. The molecule has 0 bridgehead atoms. The Balaban J connectivity index is 1.84. The molecule has 1 fully saturated rings. The second-order valence-corrected chi connectivity index (χ2v) is 8.16. The lowest BCUT2D eigenvalue weighted by Gasteiger charge is -2.27. The van der Waals surface area contributed by atoms with Gasteiger partial charge in [0, 0.05) is 17.8 Å². The fourth-order valence-electron chi connectivity index (χ4n) is 2.69. The van der Waals surface area contributed by atoms with Crippen LogP contribution in [0.15, 0.2) is 24.3 Å². The third-order valence-corrected chi connectivity index (χ3v) is 5.41. The summed E-state index contributed by atoms with van der Waals surface area (Å²) in [6.07, 6.45) is 3.03. The van der Waals surface area contributed by atoms with E-state index in [9.17, 15) is 8.42 Å². The van der Waals surface area contributed by atoms with E-state index in [0.717, 1.165) is 19.3 Å². The van der Waals surface area contributed by atoms with Gasteiger partial charge in [-0.05, 0) is 30.4 Å². The number of rotatable bonds is 6. The zero-order valence-corrected chi connectivity index (χ0v) is 13.4. The van der Waals surface area contributed by atoms with Crippen molar-refractivity contribution >= 4 is 15.7 Å². The van der Waals surface area contributed by atoms with Crippen LogP contribution >= 0.6 is 0 Å². The fraction of sp³-hybridized carbons (Fsp3) is 0.600. The summed E-state index contributed by atoms with van der Waals surface area (Å²) in [6, 6.07) is 7.00. The summed E-state index contributed by atoms with van der Waals surface area (Å²) in [4.78, 5) is 0. The van der Waals surface area contributed by atoms with Crippen molar-refractivity contribution in [3.8, 4) is 5.75 Å². The van der Waals surface area contributed by atoms with Gasteiger partial charge >= 0.3 is 0 Å². The Labute approximate surface area is 126 Å². The molecule has 0 amide bonds. The first-order valence-corrected chi connectivity index (χ1v) is 8.92. The van der Waals surface area contributed by atoms with Crippen LogP contribution in [0, 0.1) is 5.41 Å². The van der Waals surface area contributed by atoms with E-state index in [0.29, 0.717) is 11.4 Å². The first-order valence-electron chi connectivity index (χ1n) is 7.27. The molecule has 1 unspecified atom stereocenters. The second kappa shape index (κ2) is 6.23. The van der Waals surface area contributed by atoms with E-state index in [1.165, 1.54) is 0 Å². The minimum atomic E-state index is -3.32. The molecule has 6 heteroatoms. The van der Waals surface area contributed by atoms with Crippen molar-refractivity contribution in [3.63, 3.8) is 0 Å². The van der Waals surface area contributed by atoms with Crippen molar-refractivity contribution in [2.45, 2.75) is 39.2 Å². The van der Waals surface area contributed by atoms with Crippen molar-refractivity contribution in [1.29, 1.82) is 0 Å². The average molecular weight is 312 g/mol. The van der Waals surface area contributed by atoms with Gasteiger partial charge in [0.1, 0.15) is 12.4 Å². The molecule has 0 spiro atoms. The molecule has 1 atom stereocenters. The van der Waals surface area contributed by atoms with Crippen molar-refractivity contribution < 1.29 is 13.2 Å². The summed E-state index contributed by atoms with van der Waals surface area (Å²) >= 11 is 0. The average Bonchev–Trinajstić information content (AvgIpc) is 2.68. The number of ether oxygens (including phenoxy) is 1. The first kappa shape index (κ1) is 16.1. The minimum absolute atomic E-state index is 0.0230. The van der Waals surface area contributed by atoms with Crippen LogP contribution in [0.3, 0.4) is 0 Å². The first-order chi connectivity index (χ1) is 9.78. The number of nitrogens with one attached hydrogen (secondary N) is 1. The molecule has 0 heterocycles. The summed E-state index contributed by atoms with van der Waals surface area (Å²) in [7, 11) is -3.32. The van der Waals surface area contributed by atoms with Gasteiger partial charge in [0.2, 0.25) is 10.0 Å². The molecule has 0 aliphatic heterocycles. The normalized spacial score (nSPS) is 21.3. The fourth-order valence-corrected chi connectivity index (χ4v) is 3.99. The zero-order chi connectivity index (χ0) is 15.5. The van der Waals surface area contributed by atoms with Crippen LogP contribution in [0.5, 0.6) is 5.75 Å². The van der Waals surface area contributed by atoms with E-state index < -0.39 is 10.0 Å². The third-order valence-electron chi connectivity index (χ3n) is 4.06. The smallest absolute Gasteiger partial charge is 0.215 e. The van der Waals surface area contributed by atoms with E-state index in [-0.39, 0.29) is 23.8 Å². The molecule has 0 aromatic heterocycles. The van der Waals surface area contributed by atoms with Crippen LogP contribution in [-0.4, -0.2) is 26.8 Å². The molecule has 1 saturated carbocycles. The Morgan fingerprint density at radius 2 is 2.19 bits per heavy atom. The van der Waals surface area contributed by atoms with Crippen LogP contribution in [0.4, 0.5) is 5.69 Å². The molecule has 1 aliphatic carbocycles. The standard InChI is InChI=1S/C15H24N2O3S/c1-15(2)8-4-7-14(15)17-21(18,19)10-9-20-13-6-3-5-12(16)11-13/h3,5-6,11,14,17H,4,7-10,16H2,1-2H3. The number of nitrogens with two attached hydrogens (primary N) is 1. The Morgan fingerprint density at radius 1 is 1.43 bits per heavy atom. The number of hydrogen-bond donors (Lipinski definition) is 2. The maximum Gasteiger partial charge on any atom is 0.215 e. The lowest BCUT2D eigenvalue weighted by Crippen LogP contribution is -2.43. The van der Waals surface area contributed by atoms with Crippen molar-refractivity contribution in [2.75, 3.05) is 18.1 Å². The molecular weight excluding hydrogens is 288 g/mol. The van der Waals surface area contributed by atoms with E-state index >= 15 is 0 Å². The van der Waals surface area contributed by atoms with E-state index in [1.807, 2.05) is 0 Å². The molecule has 2 rings (SSSR count). The Bertz CT molecular complexity index is 584. The van der Waals surface area contributed by atoms with Gasteiger partial charge in [0.15, 0.2) is 0 Å². The van der Waals surface area contributed by atoms with E-state index in [4.69, 9.17) is 10.5 Å². The molecule has 1 aromatic rings. The van der Waals surface area contributed by atoms with Crippen molar-refractivity contribution in [1.82, 2.24) is 4.72 Å². The largest absolute Gasteiger partial charge is 0.492 e. The van der Waals surface area contributed by atoms with E-state index in [2.05, 4.69) is 18.6 Å². The van der Waals surface area contributed by atoms with Gasteiger partial charge in [-0.25, -0.2) is 13.1 Å². The number of sulfonamides is 1. The lowest BCUT2D eigenvalue weighted by molar-refractivity contribution is 0.309. The molecule has 1 aromatic carbocycles. The molecule has 0 radical (unpaired) electrons. The van der Waals surface area contributed by atoms with Crippen LogP contribution in [0.1, 0.15) is 33.1 Å². The number of benzene rings is 1. The zero-order valence-electron chi connectivity index (χ0n) is 12.6. The summed E-state index contributed by atoms with van der Waals surface area (Å²) < 4.78 is 32.5. The van der Waals surface area contributed by atoms with Gasteiger partial charge in [-0.3, -0.25) is 0 Å². The number of nitrogen functional groups attached to an aromatic ring is 1. The molecule has 3 N–H and O–H groups in total. The lowest BCUT2D eigenvalue weighted by atomic mass is 9.88. The predicted molar refractivity (Wildman–Crippen MR) is 84.7 cm³/mol. The topological polar surface area (TPSA) is 81.4 Å². The van der Waals surface area contributed by atoms with Gasteiger partial charge in [-0.1, -0.05) is 26.3 Å². The van der Waals surface area contributed by atoms with Crippen LogP contribution in [-0.2, 0) is 10.0 Å².